The number of nitrogens with zero attached hydrogens (tertiary/aromatic N) is 1. The Bertz CT molecular complexity index is 331. The van der Waals surface area contributed by atoms with E-state index in [0.29, 0.717) is 25.5 Å². The predicted octanol–water partition coefficient (Wildman–Crippen LogP) is 1.42. The second-order valence-electron chi connectivity index (χ2n) is 6.03. The van der Waals surface area contributed by atoms with Crippen LogP contribution in [0.25, 0.3) is 0 Å². The molecule has 1 aliphatic heterocycles. The van der Waals surface area contributed by atoms with Gasteiger partial charge >= 0.3 is 5.97 Å². The molecular weight excluding hydrogens is 256 g/mol. The Kier molecular flexibility index (Phi) is 6.99. The largest absolute Gasteiger partial charge is 0.466 e. The molecule has 0 aromatic rings. The number of amides is 1. The summed E-state index contributed by atoms with van der Waals surface area (Å²) in [6.07, 6.45) is 1.33. The molecule has 0 aliphatic carbocycles. The zero-order valence-electron chi connectivity index (χ0n) is 13.1. The van der Waals surface area contributed by atoms with E-state index in [1.54, 1.807) is 6.92 Å². The summed E-state index contributed by atoms with van der Waals surface area (Å²) < 4.78 is 5.01. The van der Waals surface area contributed by atoms with Crippen molar-refractivity contribution in [2.24, 2.45) is 11.8 Å². The quantitative estimate of drug-likeness (QED) is 0.750. The molecule has 1 fully saturated rings. The van der Waals surface area contributed by atoms with Crippen molar-refractivity contribution in [3.63, 3.8) is 0 Å². The van der Waals surface area contributed by atoms with Gasteiger partial charge in [-0.25, -0.2) is 0 Å². The maximum absolute atomic E-state index is 11.6. The minimum Gasteiger partial charge on any atom is -0.466 e. The molecule has 0 bridgehead atoms. The third-order valence-corrected chi connectivity index (χ3v) is 3.56. The van der Waals surface area contributed by atoms with Crippen LogP contribution in [0.5, 0.6) is 0 Å². The van der Waals surface area contributed by atoms with E-state index < -0.39 is 0 Å². The van der Waals surface area contributed by atoms with E-state index in [4.69, 9.17) is 4.74 Å². The Morgan fingerprint density at radius 2 is 2.05 bits per heavy atom. The van der Waals surface area contributed by atoms with Crippen LogP contribution in [-0.2, 0) is 14.3 Å². The Hall–Kier alpha value is -1.10. The van der Waals surface area contributed by atoms with E-state index in [-0.39, 0.29) is 23.8 Å². The van der Waals surface area contributed by atoms with Crippen molar-refractivity contribution >= 4 is 11.9 Å². The SMILES string of the molecule is CCOC(=O)CC1CC(NCC(C)C)CN(C(C)=O)C1. The van der Waals surface area contributed by atoms with Crippen molar-refractivity contribution in [2.75, 3.05) is 26.2 Å². The number of piperidine rings is 1. The third-order valence-electron chi connectivity index (χ3n) is 3.56. The van der Waals surface area contributed by atoms with Gasteiger partial charge in [0.2, 0.25) is 5.91 Å². The standard InChI is InChI=1S/C15H28N2O3/c1-5-20-15(19)7-13-6-14(16-8-11(2)3)10-17(9-13)12(4)18/h11,13-14,16H,5-10H2,1-4H3. The van der Waals surface area contributed by atoms with Gasteiger partial charge in [0.25, 0.3) is 0 Å². The number of carbonyl (C=O) groups excluding carboxylic acids is 2. The number of hydrogen-bond donors (Lipinski definition) is 1. The van der Waals surface area contributed by atoms with Crippen LogP contribution in [0.1, 0.15) is 40.5 Å². The minimum absolute atomic E-state index is 0.0786. The number of likely N-dealkylation sites (tertiary alicyclic amines) is 1. The Labute approximate surface area is 122 Å². The third kappa shape index (κ3) is 5.90. The second-order valence-corrected chi connectivity index (χ2v) is 6.03. The molecule has 1 saturated heterocycles. The van der Waals surface area contributed by atoms with Gasteiger partial charge in [0, 0.05) is 26.1 Å². The van der Waals surface area contributed by atoms with Crippen molar-refractivity contribution in [1.82, 2.24) is 10.2 Å². The Morgan fingerprint density at radius 3 is 2.60 bits per heavy atom. The second kappa shape index (κ2) is 8.25. The number of carbonyl (C=O) groups is 2. The van der Waals surface area contributed by atoms with E-state index in [0.717, 1.165) is 19.5 Å². The molecule has 20 heavy (non-hydrogen) atoms. The van der Waals surface area contributed by atoms with E-state index in [2.05, 4.69) is 19.2 Å². The van der Waals surface area contributed by atoms with Crippen LogP contribution in [0.3, 0.4) is 0 Å². The number of hydrogen-bond acceptors (Lipinski definition) is 4. The van der Waals surface area contributed by atoms with Gasteiger partial charge < -0.3 is 15.0 Å². The lowest BCUT2D eigenvalue weighted by molar-refractivity contribution is -0.145. The molecule has 5 nitrogen and oxygen atoms in total. The van der Waals surface area contributed by atoms with Crippen molar-refractivity contribution in [1.29, 1.82) is 0 Å². The number of rotatable bonds is 6. The van der Waals surface area contributed by atoms with Crippen LogP contribution < -0.4 is 5.32 Å². The summed E-state index contributed by atoms with van der Waals surface area (Å²) in [6, 6.07) is 0.273. The molecule has 0 spiro atoms. The molecule has 1 N–H and O–H groups in total. The molecule has 0 aromatic heterocycles. The summed E-state index contributed by atoms with van der Waals surface area (Å²) in [5, 5.41) is 3.50. The summed E-state index contributed by atoms with van der Waals surface area (Å²) >= 11 is 0. The normalized spacial score (nSPS) is 22.9. The maximum atomic E-state index is 11.6. The lowest BCUT2D eigenvalue weighted by Gasteiger charge is -2.37. The van der Waals surface area contributed by atoms with Gasteiger partial charge in [-0.15, -0.1) is 0 Å². The molecule has 2 unspecified atom stereocenters. The highest BCUT2D eigenvalue weighted by molar-refractivity contribution is 5.74. The monoisotopic (exact) mass is 284 g/mol. The summed E-state index contributed by atoms with van der Waals surface area (Å²) in [5.41, 5.74) is 0. The van der Waals surface area contributed by atoms with E-state index in [9.17, 15) is 9.59 Å². The molecule has 1 heterocycles. The van der Waals surface area contributed by atoms with Gasteiger partial charge in [-0.1, -0.05) is 13.8 Å². The molecule has 116 valence electrons. The highest BCUT2D eigenvalue weighted by Gasteiger charge is 2.30. The van der Waals surface area contributed by atoms with Crippen LogP contribution in [0, 0.1) is 11.8 Å². The molecule has 2 atom stereocenters. The first-order chi connectivity index (χ1) is 9.42. The zero-order chi connectivity index (χ0) is 15.1. The topological polar surface area (TPSA) is 58.6 Å². The average molecular weight is 284 g/mol. The van der Waals surface area contributed by atoms with Gasteiger partial charge in [-0.3, -0.25) is 9.59 Å². The lowest BCUT2D eigenvalue weighted by atomic mass is 9.91. The van der Waals surface area contributed by atoms with Crippen molar-refractivity contribution in [3.05, 3.63) is 0 Å². The van der Waals surface area contributed by atoms with Gasteiger partial charge in [0.05, 0.1) is 13.0 Å². The van der Waals surface area contributed by atoms with E-state index in [1.165, 1.54) is 0 Å². The van der Waals surface area contributed by atoms with Crippen LogP contribution in [-0.4, -0.2) is 49.1 Å². The summed E-state index contributed by atoms with van der Waals surface area (Å²) in [7, 11) is 0. The highest BCUT2D eigenvalue weighted by Crippen LogP contribution is 2.21. The number of esters is 1. The predicted molar refractivity (Wildman–Crippen MR) is 78.2 cm³/mol. The molecule has 0 saturated carbocycles. The fourth-order valence-corrected chi connectivity index (χ4v) is 2.61. The first-order valence-electron chi connectivity index (χ1n) is 7.56. The van der Waals surface area contributed by atoms with Gasteiger partial charge in [0.1, 0.15) is 0 Å². The average Bonchev–Trinajstić information content (AvgIpc) is 2.36. The molecule has 0 aromatic carbocycles. The molecular formula is C15H28N2O3. The van der Waals surface area contributed by atoms with Crippen molar-refractivity contribution in [2.45, 2.75) is 46.6 Å². The van der Waals surface area contributed by atoms with Gasteiger partial charge in [0.15, 0.2) is 0 Å². The molecule has 1 amide bonds. The highest BCUT2D eigenvalue weighted by atomic mass is 16.5. The minimum atomic E-state index is -0.162. The summed E-state index contributed by atoms with van der Waals surface area (Å²) in [4.78, 5) is 25.1. The molecule has 0 radical (unpaired) electrons. The Morgan fingerprint density at radius 1 is 1.35 bits per heavy atom. The van der Waals surface area contributed by atoms with Crippen molar-refractivity contribution < 1.29 is 14.3 Å². The zero-order valence-corrected chi connectivity index (χ0v) is 13.1. The van der Waals surface area contributed by atoms with E-state index in [1.807, 2.05) is 11.8 Å². The van der Waals surface area contributed by atoms with E-state index >= 15 is 0 Å². The summed E-state index contributed by atoms with van der Waals surface area (Å²) in [5.74, 6) is 0.683. The summed E-state index contributed by atoms with van der Waals surface area (Å²) in [6.45, 7) is 10.5. The van der Waals surface area contributed by atoms with Crippen LogP contribution in [0.4, 0.5) is 0 Å². The molecule has 1 rings (SSSR count). The molecule has 1 aliphatic rings. The fourth-order valence-electron chi connectivity index (χ4n) is 2.61. The number of nitrogens with one attached hydrogen (secondary N) is 1. The number of ether oxygens (including phenoxy) is 1. The lowest BCUT2D eigenvalue weighted by Crippen LogP contribution is -2.51. The van der Waals surface area contributed by atoms with Gasteiger partial charge in [-0.05, 0) is 31.7 Å². The first-order valence-corrected chi connectivity index (χ1v) is 7.56. The molecule has 5 heteroatoms. The maximum Gasteiger partial charge on any atom is 0.306 e. The Balaban J connectivity index is 2.56. The smallest absolute Gasteiger partial charge is 0.306 e. The fraction of sp³-hybridized carbons (Fsp3) is 0.867. The first kappa shape index (κ1) is 17.0. The van der Waals surface area contributed by atoms with Crippen LogP contribution in [0.2, 0.25) is 0 Å². The van der Waals surface area contributed by atoms with Crippen molar-refractivity contribution in [3.8, 4) is 0 Å². The van der Waals surface area contributed by atoms with Crippen LogP contribution >= 0.6 is 0 Å². The van der Waals surface area contributed by atoms with Crippen LogP contribution in [0.15, 0.2) is 0 Å². The van der Waals surface area contributed by atoms with Gasteiger partial charge in [-0.2, -0.15) is 0 Å².